The Kier molecular flexibility index (Phi) is 4.70. The first-order valence-electron chi connectivity index (χ1n) is 6.42. The van der Waals surface area contributed by atoms with Crippen molar-refractivity contribution in [3.8, 4) is 0 Å². The van der Waals surface area contributed by atoms with E-state index in [1.54, 1.807) is 0 Å². The van der Waals surface area contributed by atoms with E-state index in [-0.39, 0.29) is 17.9 Å². The second-order valence-corrected chi connectivity index (χ2v) is 5.95. The quantitative estimate of drug-likeness (QED) is 0.757. The van der Waals surface area contributed by atoms with Gasteiger partial charge in [0.15, 0.2) is 0 Å². The molecule has 100 valence electrons. The fraction of sp³-hybridized carbons (Fsp3) is 0.333. The Labute approximate surface area is 124 Å². The Bertz CT molecular complexity index is 589. The molecule has 1 aromatic heterocycles. The number of carbonyl (C=O) groups is 1. The molecule has 0 saturated carbocycles. The molecule has 1 heterocycles. The Morgan fingerprint density at radius 1 is 1.42 bits per heavy atom. The molecule has 1 unspecified atom stereocenters. The predicted octanol–water partition coefficient (Wildman–Crippen LogP) is 2.20. The maximum atomic E-state index is 11.8. The molecule has 0 spiro atoms. The first kappa shape index (κ1) is 14.2. The van der Waals surface area contributed by atoms with Gasteiger partial charge in [-0.15, -0.1) is 0 Å². The number of hydrogen-bond donors (Lipinski definition) is 2. The molecule has 0 aliphatic rings. The van der Waals surface area contributed by atoms with Crippen LogP contribution in [0, 0.1) is 5.92 Å². The van der Waals surface area contributed by atoms with E-state index in [1.165, 1.54) is 30.3 Å². The minimum absolute atomic E-state index is 0.0282. The first-order valence-corrected chi connectivity index (χ1v) is 8.12. The maximum absolute atomic E-state index is 11.8. The number of amides is 1. The van der Waals surface area contributed by atoms with Gasteiger partial charge in [-0.1, -0.05) is 0 Å². The number of benzene rings is 1. The summed E-state index contributed by atoms with van der Waals surface area (Å²) < 4.78 is 2.13. The zero-order valence-corrected chi connectivity index (χ0v) is 14.1. The number of hydrogen-bond acceptors (Lipinski definition) is 1. The van der Waals surface area contributed by atoms with Crippen molar-refractivity contribution in [3.05, 3.63) is 36.0 Å². The van der Waals surface area contributed by atoms with Crippen molar-refractivity contribution in [2.24, 2.45) is 5.92 Å². The van der Waals surface area contributed by atoms with Gasteiger partial charge in [-0.05, 0) is 0 Å². The van der Waals surface area contributed by atoms with E-state index >= 15 is 0 Å². The van der Waals surface area contributed by atoms with Crippen LogP contribution in [0.1, 0.15) is 19.4 Å². The van der Waals surface area contributed by atoms with E-state index in [0.29, 0.717) is 0 Å². The van der Waals surface area contributed by atoms with Gasteiger partial charge in [-0.2, -0.15) is 0 Å². The third-order valence-electron chi connectivity index (χ3n) is 3.13. The van der Waals surface area contributed by atoms with Crippen LogP contribution in [0.2, 0.25) is 0 Å². The van der Waals surface area contributed by atoms with Gasteiger partial charge < -0.3 is 0 Å². The predicted molar refractivity (Wildman–Crippen MR) is 74.8 cm³/mol. The summed E-state index contributed by atoms with van der Waals surface area (Å²) in [4.78, 5) is 15.0. The molecule has 1 atom stereocenters. The molecule has 0 bridgehead atoms. The van der Waals surface area contributed by atoms with E-state index in [0.717, 1.165) is 11.9 Å². The standard InChI is InChI=1S/C15H18N2O.W/c1-10(2)15(18)17-11(3)8-12-9-16-14-7-5-4-6-13(12)14;/h3-7,9-11,16H,8H2,1-2H3,(H,17,18);. The van der Waals surface area contributed by atoms with E-state index in [2.05, 4.69) is 26.8 Å². The number of para-hydroxylation sites is 1. The van der Waals surface area contributed by atoms with Crippen molar-refractivity contribution in [2.45, 2.75) is 26.3 Å². The van der Waals surface area contributed by atoms with Crippen molar-refractivity contribution >= 4 is 21.2 Å². The molecule has 2 N–H and O–H groups in total. The normalized spacial score (nSPS) is 12.6. The average molecular weight is 426 g/mol. The van der Waals surface area contributed by atoms with Gasteiger partial charge in [0, 0.05) is 0 Å². The van der Waals surface area contributed by atoms with Crippen LogP contribution in [-0.4, -0.2) is 21.3 Å². The van der Waals surface area contributed by atoms with Gasteiger partial charge in [-0.25, -0.2) is 0 Å². The van der Waals surface area contributed by atoms with Crippen LogP contribution in [0.3, 0.4) is 0 Å². The van der Waals surface area contributed by atoms with Gasteiger partial charge in [0.05, 0.1) is 0 Å². The number of aromatic amines is 1. The van der Waals surface area contributed by atoms with Crippen molar-refractivity contribution in [1.29, 1.82) is 0 Å². The Morgan fingerprint density at radius 3 is 2.84 bits per heavy atom. The zero-order chi connectivity index (χ0) is 13.8. The van der Waals surface area contributed by atoms with Crippen LogP contribution >= 0.6 is 0 Å². The molecular formula is C15H18N2OW. The summed E-state index contributed by atoms with van der Waals surface area (Å²) in [5.41, 5.74) is 2.40. The van der Waals surface area contributed by atoms with Gasteiger partial charge in [0.25, 0.3) is 0 Å². The van der Waals surface area contributed by atoms with Gasteiger partial charge in [-0.3, -0.25) is 0 Å². The summed E-state index contributed by atoms with van der Waals surface area (Å²) in [6.07, 6.45) is 2.88. The topological polar surface area (TPSA) is 44.9 Å². The van der Waals surface area contributed by atoms with Crippen LogP contribution in [-0.2, 0) is 30.6 Å². The van der Waals surface area contributed by atoms with E-state index in [4.69, 9.17) is 0 Å². The second kappa shape index (κ2) is 6.29. The molecule has 0 aliphatic heterocycles. The van der Waals surface area contributed by atoms with E-state index in [9.17, 15) is 4.79 Å². The van der Waals surface area contributed by atoms with E-state index < -0.39 is 0 Å². The fourth-order valence-corrected chi connectivity index (χ4v) is 2.61. The van der Waals surface area contributed by atoms with Crippen molar-refractivity contribution in [1.82, 2.24) is 10.3 Å². The van der Waals surface area contributed by atoms with Gasteiger partial charge in [0.1, 0.15) is 0 Å². The van der Waals surface area contributed by atoms with Gasteiger partial charge in [0.2, 0.25) is 0 Å². The summed E-state index contributed by atoms with van der Waals surface area (Å²) in [6, 6.07) is 8.37. The number of H-pyrrole nitrogens is 1. The SMILES string of the molecule is CC(C)C(=O)NC([CH]=[W])Cc1c[nH]c2ccccc12. The molecular weight excluding hydrogens is 408 g/mol. The van der Waals surface area contributed by atoms with Crippen LogP contribution < -0.4 is 5.32 Å². The third-order valence-corrected chi connectivity index (χ3v) is 4.31. The molecule has 1 aromatic carbocycles. The molecule has 4 heteroatoms. The number of fused-ring (bicyclic) bond motifs is 1. The molecule has 1 amide bonds. The van der Waals surface area contributed by atoms with Crippen molar-refractivity contribution in [3.63, 3.8) is 0 Å². The van der Waals surface area contributed by atoms with Crippen LogP contribution in [0.4, 0.5) is 0 Å². The van der Waals surface area contributed by atoms with Crippen LogP contribution in [0.25, 0.3) is 10.9 Å². The molecule has 0 aliphatic carbocycles. The Balaban J connectivity index is 2.14. The summed E-state index contributed by atoms with van der Waals surface area (Å²) >= 11 is 1.38. The number of rotatable bonds is 5. The summed E-state index contributed by atoms with van der Waals surface area (Å²) in [6.45, 7) is 3.83. The molecule has 0 radical (unpaired) electrons. The molecule has 2 aromatic rings. The monoisotopic (exact) mass is 426 g/mol. The molecule has 19 heavy (non-hydrogen) atoms. The summed E-state index contributed by atoms with van der Waals surface area (Å²) in [5, 5.41) is 4.32. The molecule has 3 nitrogen and oxygen atoms in total. The fourth-order valence-electron chi connectivity index (χ4n) is 2.02. The van der Waals surface area contributed by atoms with E-state index in [1.807, 2.05) is 32.2 Å². The minimum atomic E-state index is 0.0282. The van der Waals surface area contributed by atoms with Crippen molar-refractivity contribution < 1.29 is 24.1 Å². The Hall–Kier alpha value is -1.21. The van der Waals surface area contributed by atoms with Crippen LogP contribution in [0.15, 0.2) is 30.5 Å². The van der Waals surface area contributed by atoms with Crippen LogP contribution in [0.5, 0.6) is 0 Å². The second-order valence-electron chi connectivity index (χ2n) is 4.97. The number of aromatic nitrogens is 1. The zero-order valence-electron chi connectivity index (χ0n) is 11.1. The molecule has 2 rings (SSSR count). The number of carbonyl (C=O) groups excluding carboxylic acids is 1. The first-order chi connectivity index (χ1) is 9.11. The average Bonchev–Trinajstić information content (AvgIpc) is 2.81. The summed E-state index contributed by atoms with van der Waals surface area (Å²) in [7, 11) is 0. The third kappa shape index (κ3) is 3.42. The molecule has 0 fully saturated rings. The molecule has 0 saturated heterocycles. The van der Waals surface area contributed by atoms with Crippen molar-refractivity contribution in [2.75, 3.05) is 0 Å². The summed E-state index contributed by atoms with van der Waals surface area (Å²) in [5.74, 6) is 0.141. The Morgan fingerprint density at radius 2 is 2.16 bits per heavy atom. The number of nitrogens with one attached hydrogen (secondary N) is 2. The van der Waals surface area contributed by atoms with Gasteiger partial charge >= 0.3 is 124 Å².